The maximum atomic E-state index is 11.0. The number of ether oxygens (including phenoxy) is 1. The van der Waals surface area contributed by atoms with Crippen LogP contribution in [0.15, 0.2) is 6.20 Å². The van der Waals surface area contributed by atoms with E-state index in [0.717, 1.165) is 0 Å². The normalized spacial score (nSPS) is 10.3. The number of aliphatic hydroxyl groups excluding tert-OH is 1. The van der Waals surface area contributed by atoms with E-state index >= 15 is 0 Å². The van der Waals surface area contributed by atoms with Crippen LogP contribution in [0.5, 0.6) is 0 Å². The fourth-order valence-electron chi connectivity index (χ4n) is 1.20. The number of esters is 1. The van der Waals surface area contributed by atoms with Crippen molar-refractivity contribution in [2.75, 3.05) is 6.61 Å². The molecule has 1 aromatic heterocycles. The number of carbonyl (C=O) groups is 1. The quantitative estimate of drug-likeness (QED) is 0.679. The van der Waals surface area contributed by atoms with Crippen LogP contribution >= 0.6 is 0 Å². The zero-order valence-electron chi connectivity index (χ0n) is 8.72. The maximum Gasteiger partial charge on any atom is 0.305 e. The summed E-state index contributed by atoms with van der Waals surface area (Å²) in [5.74, 6) is -0.205. The lowest BCUT2D eigenvalue weighted by Gasteiger charge is -2.03. The first-order valence-corrected chi connectivity index (χ1v) is 4.91. The summed E-state index contributed by atoms with van der Waals surface area (Å²) in [5, 5.41) is 16.4. The number of carbonyl (C=O) groups excluding carboxylic acids is 1. The van der Waals surface area contributed by atoms with Crippen LogP contribution in [0.4, 0.5) is 0 Å². The lowest BCUT2D eigenvalue weighted by atomic mass is 10.3. The van der Waals surface area contributed by atoms with Gasteiger partial charge in [0.2, 0.25) is 0 Å². The molecule has 0 spiro atoms. The number of aromatic nitrogens is 3. The Balaban J connectivity index is 2.28. The number of rotatable bonds is 6. The second-order valence-corrected chi connectivity index (χ2v) is 3.02. The smallest absolute Gasteiger partial charge is 0.305 e. The van der Waals surface area contributed by atoms with Crippen molar-refractivity contribution in [1.29, 1.82) is 0 Å². The standard InChI is InChI=1S/C9H15N3O3/c1-2-15-9(14)4-3-5-12-8(7-13)6-10-11-12/h6,13H,2-5,7H2,1H3. The van der Waals surface area contributed by atoms with Crippen molar-refractivity contribution in [3.63, 3.8) is 0 Å². The van der Waals surface area contributed by atoms with Crippen LogP contribution in [0, 0.1) is 0 Å². The van der Waals surface area contributed by atoms with Crippen LogP contribution in [0.2, 0.25) is 0 Å². The average molecular weight is 213 g/mol. The summed E-state index contributed by atoms with van der Waals surface area (Å²) in [6.07, 6.45) is 2.50. The minimum Gasteiger partial charge on any atom is -0.466 e. The van der Waals surface area contributed by atoms with E-state index < -0.39 is 0 Å². The van der Waals surface area contributed by atoms with E-state index in [1.807, 2.05) is 0 Å². The molecule has 0 radical (unpaired) electrons. The largest absolute Gasteiger partial charge is 0.466 e. The predicted molar refractivity (Wildman–Crippen MR) is 51.8 cm³/mol. The van der Waals surface area contributed by atoms with E-state index in [-0.39, 0.29) is 12.6 Å². The summed E-state index contributed by atoms with van der Waals surface area (Å²) in [5.41, 5.74) is 0.652. The maximum absolute atomic E-state index is 11.0. The second kappa shape index (κ2) is 6.13. The Labute approximate surface area is 87.9 Å². The highest BCUT2D eigenvalue weighted by Gasteiger charge is 2.04. The second-order valence-electron chi connectivity index (χ2n) is 3.02. The molecule has 0 saturated heterocycles. The van der Waals surface area contributed by atoms with E-state index in [4.69, 9.17) is 9.84 Å². The van der Waals surface area contributed by atoms with Crippen LogP contribution < -0.4 is 0 Å². The van der Waals surface area contributed by atoms with Gasteiger partial charge in [-0.15, -0.1) is 5.10 Å². The van der Waals surface area contributed by atoms with E-state index in [9.17, 15) is 4.79 Å². The molecule has 0 fully saturated rings. The van der Waals surface area contributed by atoms with E-state index in [1.165, 1.54) is 6.20 Å². The van der Waals surface area contributed by atoms with E-state index in [2.05, 4.69) is 10.3 Å². The van der Waals surface area contributed by atoms with Crippen molar-refractivity contribution in [1.82, 2.24) is 15.0 Å². The molecule has 0 bridgehead atoms. The molecule has 1 heterocycles. The van der Waals surface area contributed by atoms with Crippen LogP contribution in [0.1, 0.15) is 25.5 Å². The molecule has 6 heteroatoms. The molecule has 84 valence electrons. The van der Waals surface area contributed by atoms with Gasteiger partial charge in [0.1, 0.15) is 0 Å². The monoisotopic (exact) mass is 213 g/mol. The first-order chi connectivity index (χ1) is 7.27. The van der Waals surface area contributed by atoms with Crippen LogP contribution in [0.3, 0.4) is 0 Å². The molecule has 1 N–H and O–H groups in total. The number of nitrogens with zero attached hydrogens (tertiary/aromatic N) is 3. The van der Waals surface area contributed by atoms with Gasteiger partial charge in [0, 0.05) is 13.0 Å². The molecule has 0 unspecified atom stereocenters. The average Bonchev–Trinajstić information content (AvgIpc) is 2.66. The molecule has 0 amide bonds. The molecule has 1 aromatic rings. The zero-order chi connectivity index (χ0) is 11.1. The van der Waals surface area contributed by atoms with Gasteiger partial charge < -0.3 is 9.84 Å². The highest BCUT2D eigenvalue weighted by molar-refractivity contribution is 5.69. The van der Waals surface area contributed by atoms with Crippen LogP contribution in [-0.2, 0) is 22.7 Å². The molecule has 0 aromatic carbocycles. The summed E-state index contributed by atoms with van der Waals surface area (Å²) in [7, 11) is 0. The molecular weight excluding hydrogens is 198 g/mol. The summed E-state index contributed by atoms with van der Waals surface area (Å²) < 4.78 is 6.37. The third-order valence-electron chi connectivity index (χ3n) is 1.92. The molecule has 0 saturated carbocycles. The van der Waals surface area contributed by atoms with Gasteiger partial charge in [-0.2, -0.15) is 0 Å². The first kappa shape index (κ1) is 11.6. The van der Waals surface area contributed by atoms with Crippen molar-refractivity contribution in [2.45, 2.75) is 32.9 Å². The molecule has 0 aliphatic heterocycles. The summed E-state index contributed by atoms with van der Waals surface area (Å²) in [4.78, 5) is 11.0. The fraction of sp³-hybridized carbons (Fsp3) is 0.667. The van der Waals surface area contributed by atoms with Crippen LogP contribution in [0.25, 0.3) is 0 Å². The summed E-state index contributed by atoms with van der Waals surface area (Å²) >= 11 is 0. The van der Waals surface area contributed by atoms with Gasteiger partial charge in [-0.25, -0.2) is 4.68 Å². The topological polar surface area (TPSA) is 77.2 Å². The van der Waals surface area contributed by atoms with Crippen molar-refractivity contribution in [3.8, 4) is 0 Å². The molecule has 0 aliphatic carbocycles. The van der Waals surface area contributed by atoms with Crippen molar-refractivity contribution in [2.24, 2.45) is 0 Å². The number of hydrogen-bond acceptors (Lipinski definition) is 5. The zero-order valence-corrected chi connectivity index (χ0v) is 8.72. The van der Waals surface area contributed by atoms with Crippen molar-refractivity contribution in [3.05, 3.63) is 11.9 Å². The molecule has 6 nitrogen and oxygen atoms in total. The first-order valence-electron chi connectivity index (χ1n) is 4.91. The summed E-state index contributed by atoms with van der Waals surface area (Å²) in [6.45, 7) is 2.66. The number of hydrogen-bond donors (Lipinski definition) is 1. The van der Waals surface area contributed by atoms with Crippen LogP contribution in [-0.4, -0.2) is 32.7 Å². The molecule has 0 aliphatic rings. The number of aliphatic hydroxyl groups is 1. The Morgan fingerprint density at radius 3 is 3.13 bits per heavy atom. The lowest BCUT2D eigenvalue weighted by molar-refractivity contribution is -0.143. The lowest BCUT2D eigenvalue weighted by Crippen LogP contribution is -2.09. The van der Waals surface area contributed by atoms with Crippen molar-refractivity contribution >= 4 is 5.97 Å². The Hall–Kier alpha value is -1.43. The van der Waals surface area contributed by atoms with Gasteiger partial charge in [0.15, 0.2) is 0 Å². The SMILES string of the molecule is CCOC(=O)CCCn1nncc1CO. The minimum atomic E-state index is -0.205. The Bertz CT molecular complexity index is 311. The third-order valence-corrected chi connectivity index (χ3v) is 1.92. The molecule has 1 rings (SSSR count). The van der Waals surface area contributed by atoms with Gasteiger partial charge in [0.05, 0.1) is 25.1 Å². The minimum absolute atomic E-state index is 0.0909. The highest BCUT2D eigenvalue weighted by Crippen LogP contribution is 2.00. The molecular formula is C9H15N3O3. The van der Waals surface area contributed by atoms with E-state index in [1.54, 1.807) is 11.6 Å². The predicted octanol–water partition coefficient (Wildman–Crippen LogP) is 0.114. The Morgan fingerprint density at radius 2 is 2.47 bits per heavy atom. The Morgan fingerprint density at radius 1 is 1.67 bits per heavy atom. The van der Waals surface area contributed by atoms with Gasteiger partial charge in [-0.05, 0) is 13.3 Å². The van der Waals surface area contributed by atoms with Crippen molar-refractivity contribution < 1.29 is 14.6 Å². The number of aryl methyl sites for hydroxylation is 1. The summed E-state index contributed by atoms with van der Waals surface area (Å²) in [6, 6.07) is 0. The molecule has 15 heavy (non-hydrogen) atoms. The van der Waals surface area contributed by atoms with E-state index in [0.29, 0.717) is 31.7 Å². The fourth-order valence-corrected chi connectivity index (χ4v) is 1.20. The van der Waals surface area contributed by atoms with Gasteiger partial charge >= 0.3 is 5.97 Å². The molecule has 0 atom stereocenters. The van der Waals surface area contributed by atoms with Gasteiger partial charge in [-0.3, -0.25) is 4.79 Å². The Kier molecular flexibility index (Phi) is 4.76. The van der Waals surface area contributed by atoms with Gasteiger partial charge in [0.25, 0.3) is 0 Å². The van der Waals surface area contributed by atoms with Gasteiger partial charge in [-0.1, -0.05) is 5.21 Å². The third kappa shape index (κ3) is 3.67. The highest BCUT2D eigenvalue weighted by atomic mass is 16.5.